The van der Waals surface area contributed by atoms with Gasteiger partial charge in [-0.2, -0.15) is 0 Å². The SMILES string of the molecule is COc1cc(C(=S)N2CCCCC2)cc(Br)c1OC(=O)c1ccccc1Br. The van der Waals surface area contributed by atoms with Crippen LogP contribution in [0.3, 0.4) is 0 Å². The van der Waals surface area contributed by atoms with E-state index in [1.165, 1.54) is 6.42 Å². The molecule has 142 valence electrons. The minimum absolute atomic E-state index is 0.337. The summed E-state index contributed by atoms with van der Waals surface area (Å²) < 4.78 is 12.4. The van der Waals surface area contributed by atoms with Crippen LogP contribution in [0.15, 0.2) is 45.3 Å². The Morgan fingerprint density at radius 3 is 2.44 bits per heavy atom. The van der Waals surface area contributed by atoms with Gasteiger partial charge in [0.25, 0.3) is 0 Å². The van der Waals surface area contributed by atoms with Gasteiger partial charge in [-0.3, -0.25) is 0 Å². The zero-order valence-electron chi connectivity index (χ0n) is 14.8. The highest BCUT2D eigenvalue weighted by atomic mass is 79.9. The van der Waals surface area contributed by atoms with Crippen molar-refractivity contribution in [1.82, 2.24) is 4.90 Å². The first kappa shape index (κ1) is 20.3. The number of carbonyl (C=O) groups is 1. The monoisotopic (exact) mass is 511 g/mol. The number of halogens is 2. The lowest BCUT2D eigenvalue weighted by Gasteiger charge is -2.29. The second kappa shape index (κ2) is 9.17. The van der Waals surface area contributed by atoms with E-state index in [0.717, 1.165) is 36.5 Å². The van der Waals surface area contributed by atoms with E-state index in [1.807, 2.05) is 18.2 Å². The van der Waals surface area contributed by atoms with Crippen LogP contribution in [0.4, 0.5) is 0 Å². The van der Waals surface area contributed by atoms with Crippen LogP contribution in [0, 0.1) is 0 Å². The summed E-state index contributed by atoms with van der Waals surface area (Å²) in [5.74, 6) is 0.329. The molecule has 7 heteroatoms. The summed E-state index contributed by atoms with van der Waals surface area (Å²) in [6, 6.07) is 10.8. The Bertz CT molecular complexity index is 866. The Balaban J connectivity index is 1.87. The quantitative estimate of drug-likeness (QED) is 0.303. The summed E-state index contributed by atoms with van der Waals surface area (Å²) in [5, 5.41) is 0. The number of esters is 1. The van der Waals surface area contributed by atoms with Gasteiger partial charge in [0.2, 0.25) is 0 Å². The molecule has 1 aliphatic heterocycles. The van der Waals surface area contributed by atoms with E-state index in [0.29, 0.717) is 26.0 Å². The predicted octanol–water partition coefficient (Wildman–Crippen LogP) is 5.60. The number of methoxy groups -OCH3 is 1. The molecule has 4 nitrogen and oxygen atoms in total. The van der Waals surface area contributed by atoms with Crippen LogP contribution in [0.25, 0.3) is 0 Å². The molecule has 0 unspecified atom stereocenters. The van der Waals surface area contributed by atoms with Crippen molar-refractivity contribution in [2.75, 3.05) is 20.2 Å². The molecule has 0 aromatic heterocycles. The van der Waals surface area contributed by atoms with Crippen LogP contribution in [-0.4, -0.2) is 36.1 Å². The van der Waals surface area contributed by atoms with Crippen molar-refractivity contribution < 1.29 is 14.3 Å². The summed E-state index contributed by atoms with van der Waals surface area (Å²) >= 11 is 12.5. The van der Waals surface area contributed by atoms with Gasteiger partial charge in [-0.1, -0.05) is 24.4 Å². The van der Waals surface area contributed by atoms with E-state index in [4.69, 9.17) is 21.7 Å². The molecule has 1 aliphatic rings. The average Bonchev–Trinajstić information content (AvgIpc) is 2.69. The van der Waals surface area contributed by atoms with Crippen molar-refractivity contribution in [1.29, 1.82) is 0 Å². The average molecular weight is 513 g/mol. The fourth-order valence-electron chi connectivity index (χ4n) is 3.00. The van der Waals surface area contributed by atoms with E-state index >= 15 is 0 Å². The highest BCUT2D eigenvalue weighted by molar-refractivity contribution is 9.10. The van der Waals surface area contributed by atoms with E-state index < -0.39 is 5.97 Å². The molecule has 3 rings (SSSR count). The van der Waals surface area contributed by atoms with E-state index in [2.05, 4.69) is 36.8 Å². The second-order valence-electron chi connectivity index (χ2n) is 6.21. The summed E-state index contributed by atoms with van der Waals surface area (Å²) in [6.07, 6.45) is 3.55. The number of carbonyl (C=O) groups excluding carboxylic acids is 1. The van der Waals surface area contributed by atoms with Crippen LogP contribution in [0.5, 0.6) is 11.5 Å². The maximum Gasteiger partial charge on any atom is 0.344 e. The predicted molar refractivity (Wildman–Crippen MR) is 117 cm³/mol. The molecular weight excluding hydrogens is 494 g/mol. The van der Waals surface area contributed by atoms with Crippen LogP contribution in [-0.2, 0) is 0 Å². The fraction of sp³-hybridized carbons (Fsp3) is 0.300. The van der Waals surface area contributed by atoms with Gasteiger partial charge in [0.1, 0.15) is 4.99 Å². The molecule has 0 spiro atoms. The molecule has 0 bridgehead atoms. The smallest absolute Gasteiger partial charge is 0.344 e. The van der Waals surface area contributed by atoms with Crippen molar-refractivity contribution in [3.05, 3.63) is 56.5 Å². The number of thiocarbonyl (C=S) groups is 1. The number of nitrogens with zero attached hydrogens (tertiary/aromatic N) is 1. The molecule has 27 heavy (non-hydrogen) atoms. The first-order valence-electron chi connectivity index (χ1n) is 8.64. The lowest BCUT2D eigenvalue weighted by Crippen LogP contribution is -2.34. The number of benzene rings is 2. The molecule has 0 N–H and O–H groups in total. The van der Waals surface area contributed by atoms with Gasteiger partial charge in [-0.15, -0.1) is 0 Å². The molecule has 0 aliphatic carbocycles. The van der Waals surface area contributed by atoms with Crippen LogP contribution < -0.4 is 9.47 Å². The molecular formula is C20H19Br2NO3S. The molecule has 0 amide bonds. The molecule has 0 radical (unpaired) electrons. The summed E-state index contributed by atoms with van der Waals surface area (Å²) in [7, 11) is 1.55. The maximum absolute atomic E-state index is 12.6. The normalized spacial score (nSPS) is 14.0. The molecule has 2 aromatic rings. The Kier molecular flexibility index (Phi) is 6.89. The number of piperidine rings is 1. The van der Waals surface area contributed by atoms with Crippen LogP contribution in [0.1, 0.15) is 35.2 Å². The molecule has 2 aromatic carbocycles. The summed E-state index contributed by atoms with van der Waals surface area (Å²) in [6.45, 7) is 1.94. The zero-order valence-corrected chi connectivity index (χ0v) is 18.8. The maximum atomic E-state index is 12.6. The third-order valence-corrected chi connectivity index (χ3v) is 6.18. The Hall–Kier alpha value is -1.44. The molecule has 0 atom stereocenters. The van der Waals surface area contributed by atoms with Crippen molar-refractivity contribution in [2.24, 2.45) is 0 Å². The lowest BCUT2D eigenvalue weighted by molar-refractivity contribution is 0.0727. The van der Waals surface area contributed by atoms with E-state index in [9.17, 15) is 4.79 Å². The van der Waals surface area contributed by atoms with Crippen molar-refractivity contribution >= 4 is 55.0 Å². The molecule has 1 fully saturated rings. The van der Waals surface area contributed by atoms with Gasteiger partial charge < -0.3 is 14.4 Å². The second-order valence-corrected chi connectivity index (χ2v) is 8.31. The van der Waals surface area contributed by atoms with Gasteiger partial charge in [0, 0.05) is 23.1 Å². The van der Waals surface area contributed by atoms with E-state index in [1.54, 1.807) is 25.3 Å². The molecule has 1 heterocycles. The molecule has 1 saturated heterocycles. The third-order valence-electron chi connectivity index (χ3n) is 4.41. The van der Waals surface area contributed by atoms with Gasteiger partial charge in [0.15, 0.2) is 11.5 Å². The minimum Gasteiger partial charge on any atom is -0.493 e. The van der Waals surface area contributed by atoms with Crippen molar-refractivity contribution in [3.63, 3.8) is 0 Å². The Morgan fingerprint density at radius 2 is 1.78 bits per heavy atom. The highest BCUT2D eigenvalue weighted by Crippen LogP contribution is 2.38. The van der Waals surface area contributed by atoms with Crippen molar-refractivity contribution in [3.8, 4) is 11.5 Å². The van der Waals surface area contributed by atoms with Gasteiger partial charge in [-0.05, 0) is 75.4 Å². The van der Waals surface area contributed by atoms with Crippen molar-refractivity contribution in [2.45, 2.75) is 19.3 Å². The fourth-order valence-corrected chi connectivity index (χ4v) is 4.27. The topological polar surface area (TPSA) is 38.8 Å². The number of ether oxygens (including phenoxy) is 2. The zero-order chi connectivity index (χ0) is 19.4. The van der Waals surface area contributed by atoms with Crippen LogP contribution in [0.2, 0.25) is 0 Å². The Labute approximate surface area is 181 Å². The standard InChI is InChI=1S/C20H19Br2NO3S/c1-25-17-12-13(19(27)23-9-5-2-6-10-23)11-16(22)18(17)26-20(24)14-7-3-4-8-15(14)21/h3-4,7-8,11-12H,2,5-6,9-10H2,1H3. The lowest BCUT2D eigenvalue weighted by atomic mass is 10.1. The molecule has 0 saturated carbocycles. The van der Waals surface area contributed by atoms with Gasteiger partial charge in [-0.25, -0.2) is 4.79 Å². The number of hydrogen-bond acceptors (Lipinski definition) is 4. The summed E-state index contributed by atoms with van der Waals surface area (Å²) in [5.41, 5.74) is 1.32. The van der Waals surface area contributed by atoms with Crippen LogP contribution >= 0.6 is 44.1 Å². The first-order valence-corrected chi connectivity index (χ1v) is 10.6. The third kappa shape index (κ3) is 4.70. The number of hydrogen-bond donors (Lipinski definition) is 0. The van der Waals surface area contributed by atoms with Gasteiger partial charge >= 0.3 is 5.97 Å². The first-order chi connectivity index (χ1) is 13.0. The van der Waals surface area contributed by atoms with Gasteiger partial charge in [0.05, 0.1) is 17.1 Å². The summed E-state index contributed by atoms with van der Waals surface area (Å²) in [4.78, 5) is 15.6. The Morgan fingerprint density at radius 1 is 1.07 bits per heavy atom. The number of likely N-dealkylation sites (tertiary alicyclic amines) is 1. The number of rotatable bonds is 4. The highest BCUT2D eigenvalue weighted by Gasteiger charge is 2.21. The minimum atomic E-state index is -0.465. The largest absolute Gasteiger partial charge is 0.493 e. The van der Waals surface area contributed by atoms with E-state index in [-0.39, 0.29) is 0 Å².